The van der Waals surface area contributed by atoms with Crippen LogP contribution in [-0.4, -0.2) is 37.3 Å². The number of aliphatic hydroxyl groups excluding tert-OH is 1. The summed E-state index contributed by atoms with van der Waals surface area (Å²) in [6.07, 6.45) is -1.55. The lowest BCUT2D eigenvalue weighted by atomic mass is 10.0. The summed E-state index contributed by atoms with van der Waals surface area (Å²) in [5.74, 6) is -5.14. The molecule has 1 aromatic rings. The minimum absolute atomic E-state index is 0.155. The standard InChI is InChI=1S/C15H23F2NO2Si/c1-21(2,3)11-18-14(20)15(16,17)13(19)10-9-12-7-5-4-6-8-12/h4-8,13,19H,9-11H2,1-3H3,(H,18,20). The Bertz CT molecular complexity index is 460. The van der Waals surface area contributed by atoms with E-state index in [1.807, 2.05) is 25.7 Å². The summed E-state index contributed by atoms with van der Waals surface area (Å²) in [5.41, 5.74) is 0.856. The zero-order chi connectivity index (χ0) is 16.1. The second-order valence-corrected chi connectivity index (χ2v) is 11.9. The molecule has 1 amide bonds. The molecular formula is C15H23F2NO2Si. The lowest BCUT2D eigenvalue weighted by Crippen LogP contribution is -2.52. The number of rotatable bonds is 7. The van der Waals surface area contributed by atoms with Crippen molar-refractivity contribution in [1.82, 2.24) is 5.32 Å². The van der Waals surface area contributed by atoms with Gasteiger partial charge in [-0.3, -0.25) is 4.79 Å². The molecule has 118 valence electrons. The molecule has 3 nitrogen and oxygen atoms in total. The first kappa shape index (κ1) is 17.8. The van der Waals surface area contributed by atoms with E-state index in [4.69, 9.17) is 0 Å². The molecule has 6 heteroatoms. The predicted molar refractivity (Wildman–Crippen MR) is 82.1 cm³/mol. The maximum absolute atomic E-state index is 13.8. The highest BCUT2D eigenvalue weighted by Gasteiger charge is 2.46. The lowest BCUT2D eigenvalue weighted by molar-refractivity contribution is -0.163. The minimum atomic E-state index is -3.76. The number of aliphatic hydroxyl groups is 1. The molecule has 0 heterocycles. The SMILES string of the molecule is C[Si](C)(C)CNC(=O)C(F)(F)C(O)CCc1ccccc1. The van der Waals surface area contributed by atoms with Crippen LogP contribution in [-0.2, 0) is 11.2 Å². The second kappa shape index (κ2) is 7.13. The van der Waals surface area contributed by atoms with E-state index in [1.54, 1.807) is 24.3 Å². The van der Waals surface area contributed by atoms with Crippen molar-refractivity contribution in [3.8, 4) is 0 Å². The van der Waals surface area contributed by atoms with Gasteiger partial charge in [-0.1, -0.05) is 50.0 Å². The van der Waals surface area contributed by atoms with Crippen LogP contribution >= 0.6 is 0 Å². The summed E-state index contributed by atoms with van der Waals surface area (Å²) in [4.78, 5) is 11.6. The third-order valence-corrected chi connectivity index (χ3v) is 4.29. The molecule has 1 unspecified atom stereocenters. The van der Waals surface area contributed by atoms with Gasteiger partial charge in [0.2, 0.25) is 0 Å². The zero-order valence-electron chi connectivity index (χ0n) is 12.7. The highest BCUT2D eigenvalue weighted by Crippen LogP contribution is 2.23. The molecule has 2 N–H and O–H groups in total. The molecule has 0 spiro atoms. The molecule has 1 atom stereocenters. The summed E-state index contributed by atoms with van der Waals surface area (Å²) >= 11 is 0. The Morgan fingerprint density at radius 2 is 1.86 bits per heavy atom. The summed E-state index contributed by atoms with van der Waals surface area (Å²) in [6, 6.07) is 9.05. The molecule has 0 aromatic heterocycles. The molecule has 21 heavy (non-hydrogen) atoms. The Hall–Kier alpha value is -1.27. The van der Waals surface area contributed by atoms with Gasteiger partial charge in [0, 0.05) is 6.17 Å². The molecule has 1 aromatic carbocycles. The number of benzene rings is 1. The van der Waals surface area contributed by atoms with Gasteiger partial charge in [0.25, 0.3) is 5.91 Å². The van der Waals surface area contributed by atoms with E-state index >= 15 is 0 Å². The van der Waals surface area contributed by atoms with Gasteiger partial charge in [0.15, 0.2) is 0 Å². The van der Waals surface area contributed by atoms with E-state index in [2.05, 4.69) is 5.32 Å². The van der Waals surface area contributed by atoms with Crippen molar-refractivity contribution in [1.29, 1.82) is 0 Å². The number of carbonyl (C=O) groups is 1. The van der Waals surface area contributed by atoms with E-state index in [-0.39, 0.29) is 12.6 Å². The monoisotopic (exact) mass is 315 g/mol. The van der Waals surface area contributed by atoms with E-state index in [0.717, 1.165) is 5.56 Å². The number of carbonyl (C=O) groups excluding carboxylic acids is 1. The van der Waals surface area contributed by atoms with Crippen molar-refractivity contribution in [3.05, 3.63) is 35.9 Å². The highest BCUT2D eigenvalue weighted by molar-refractivity contribution is 6.76. The van der Waals surface area contributed by atoms with Crippen molar-refractivity contribution in [2.24, 2.45) is 0 Å². The summed E-state index contributed by atoms with van der Waals surface area (Å²) in [7, 11) is -1.65. The largest absolute Gasteiger partial charge is 0.386 e. The average molecular weight is 315 g/mol. The van der Waals surface area contributed by atoms with Crippen LogP contribution in [0.5, 0.6) is 0 Å². The number of hydrogen-bond acceptors (Lipinski definition) is 2. The summed E-state index contributed by atoms with van der Waals surface area (Å²) in [6.45, 7) is 5.91. The zero-order valence-corrected chi connectivity index (χ0v) is 13.7. The molecule has 1 rings (SSSR count). The first-order chi connectivity index (χ1) is 9.63. The van der Waals surface area contributed by atoms with E-state index < -0.39 is 26.0 Å². The molecule has 0 saturated carbocycles. The minimum Gasteiger partial charge on any atom is -0.386 e. The third-order valence-electron chi connectivity index (χ3n) is 3.05. The molecule has 0 fully saturated rings. The quantitative estimate of drug-likeness (QED) is 0.760. The number of halogens is 2. The van der Waals surface area contributed by atoms with Crippen LogP contribution in [0.1, 0.15) is 12.0 Å². The molecule has 0 bridgehead atoms. The maximum Gasteiger partial charge on any atom is 0.349 e. The number of aryl methyl sites for hydroxylation is 1. The maximum atomic E-state index is 13.8. The van der Waals surface area contributed by atoms with E-state index in [0.29, 0.717) is 6.42 Å². The summed E-state index contributed by atoms with van der Waals surface area (Å²) in [5, 5.41) is 11.9. The first-order valence-electron chi connectivity index (χ1n) is 7.01. The Labute approximate surface area is 125 Å². The first-order valence-corrected chi connectivity index (χ1v) is 10.7. The van der Waals surface area contributed by atoms with Crippen LogP contribution < -0.4 is 5.32 Å². The number of amides is 1. The topological polar surface area (TPSA) is 49.3 Å². The molecule has 0 aliphatic carbocycles. The van der Waals surface area contributed by atoms with Gasteiger partial charge in [-0.25, -0.2) is 0 Å². The fourth-order valence-corrected chi connectivity index (χ4v) is 2.43. The van der Waals surface area contributed by atoms with Gasteiger partial charge in [-0.15, -0.1) is 0 Å². The van der Waals surface area contributed by atoms with E-state index in [1.165, 1.54) is 0 Å². The van der Waals surface area contributed by atoms with Crippen LogP contribution in [0.15, 0.2) is 30.3 Å². The van der Waals surface area contributed by atoms with Crippen molar-refractivity contribution in [2.45, 2.75) is 44.5 Å². The van der Waals surface area contributed by atoms with Gasteiger partial charge in [-0.2, -0.15) is 8.78 Å². The van der Waals surface area contributed by atoms with Crippen LogP contribution in [0.4, 0.5) is 8.78 Å². The third kappa shape index (κ3) is 5.93. The number of nitrogens with one attached hydrogen (secondary N) is 1. The van der Waals surface area contributed by atoms with Crippen molar-refractivity contribution < 1.29 is 18.7 Å². The number of hydrogen-bond donors (Lipinski definition) is 2. The van der Waals surface area contributed by atoms with Gasteiger partial charge in [-0.05, 0) is 18.4 Å². The van der Waals surface area contributed by atoms with Gasteiger partial charge in [0.1, 0.15) is 6.10 Å². The van der Waals surface area contributed by atoms with Crippen LogP contribution in [0.3, 0.4) is 0 Å². The smallest absolute Gasteiger partial charge is 0.349 e. The van der Waals surface area contributed by atoms with Gasteiger partial charge in [0.05, 0.1) is 8.07 Å². The lowest BCUT2D eigenvalue weighted by Gasteiger charge is -2.24. The Morgan fingerprint density at radius 1 is 1.29 bits per heavy atom. The molecule has 0 saturated heterocycles. The van der Waals surface area contributed by atoms with Gasteiger partial charge >= 0.3 is 5.92 Å². The molecule has 0 aliphatic heterocycles. The Balaban J connectivity index is 2.54. The summed E-state index contributed by atoms with van der Waals surface area (Å²) < 4.78 is 27.7. The van der Waals surface area contributed by atoms with Crippen molar-refractivity contribution in [3.63, 3.8) is 0 Å². The van der Waals surface area contributed by atoms with E-state index in [9.17, 15) is 18.7 Å². The molecular weight excluding hydrogens is 292 g/mol. The van der Waals surface area contributed by atoms with Crippen molar-refractivity contribution in [2.75, 3.05) is 6.17 Å². The van der Waals surface area contributed by atoms with Crippen molar-refractivity contribution >= 4 is 14.0 Å². The van der Waals surface area contributed by atoms with Crippen LogP contribution in [0.2, 0.25) is 19.6 Å². The molecule has 0 aliphatic rings. The Morgan fingerprint density at radius 3 is 2.38 bits per heavy atom. The normalized spacial score (nSPS) is 13.8. The van der Waals surface area contributed by atoms with Gasteiger partial charge < -0.3 is 10.4 Å². The number of alkyl halides is 2. The Kier molecular flexibility index (Phi) is 6.04. The second-order valence-electron chi connectivity index (χ2n) is 6.41. The fourth-order valence-electron chi connectivity index (χ4n) is 1.74. The highest BCUT2D eigenvalue weighted by atomic mass is 28.3. The average Bonchev–Trinajstić information content (AvgIpc) is 2.42. The fraction of sp³-hybridized carbons (Fsp3) is 0.533. The molecule has 0 radical (unpaired) electrons. The van der Waals surface area contributed by atoms with Crippen LogP contribution in [0, 0.1) is 0 Å². The van der Waals surface area contributed by atoms with Crippen LogP contribution in [0.25, 0.3) is 0 Å². The predicted octanol–water partition coefficient (Wildman–Crippen LogP) is 2.61.